The fraction of sp³-hybridized carbons (Fsp3) is 0.333. The van der Waals surface area contributed by atoms with Crippen LogP contribution in [0.1, 0.15) is 12.8 Å². The van der Waals surface area contributed by atoms with Crippen molar-refractivity contribution >= 4 is 33.0 Å². The van der Waals surface area contributed by atoms with Crippen molar-refractivity contribution in [2.24, 2.45) is 5.92 Å². The number of hydrazine groups is 1. The van der Waals surface area contributed by atoms with E-state index < -0.39 is 15.8 Å². The van der Waals surface area contributed by atoms with Crippen LogP contribution in [-0.4, -0.2) is 49.2 Å². The van der Waals surface area contributed by atoms with E-state index in [2.05, 4.69) is 5.43 Å². The number of carbonyl (C=O) groups is 2. The monoisotopic (exact) mass is 413 g/mol. The van der Waals surface area contributed by atoms with E-state index in [0.717, 1.165) is 11.4 Å². The van der Waals surface area contributed by atoms with Crippen LogP contribution in [0, 0.1) is 5.92 Å². The number of hydrogen-bond acceptors (Lipinski definition) is 5. The van der Waals surface area contributed by atoms with Crippen molar-refractivity contribution in [3.05, 3.63) is 60.7 Å². The van der Waals surface area contributed by atoms with Crippen molar-refractivity contribution in [2.75, 3.05) is 23.1 Å². The number of hydrogen-bond donors (Lipinski definition) is 1. The molecule has 8 heteroatoms. The van der Waals surface area contributed by atoms with E-state index in [0.29, 0.717) is 6.42 Å². The Morgan fingerprint density at radius 2 is 1.59 bits per heavy atom. The van der Waals surface area contributed by atoms with Gasteiger partial charge < -0.3 is 4.90 Å². The van der Waals surface area contributed by atoms with Crippen LogP contribution < -0.4 is 10.4 Å². The van der Waals surface area contributed by atoms with Gasteiger partial charge in [0.05, 0.1) is 28.8 Å². The van der Waals surface area contributed by atoms with Crippen molar-refractivity contribution in [3.8, 4) is 0 Å². The van der Waals surface area contributed by atoms with Crippen LogP contribution in [-0.2, 0) is 19.4 Å². The van der Waals surface area contributed by atoms with Gasteiger partial charge in [0.2, 0.25) is 11.8 Å². The highest BCUT2D eigenvalue weighted by atomic mass is 32.2. The van der Waals surface area contributed by atoms with Gasteiger partial charge in [-0.2, -0.15) is 0 Å². The first kappa shape index (κ1) is 19.4. The molecule has 7 nitrogen and oxygen atoms in total. The number of rotatable bonds is 5. The number of para-hydroxylation sites is 2. The van der Waals surface area contributed by atoms with Crippen molar-refractivity contribution in [2.45, 2.75) is 18.9 Å². The number of anilines is 2. The summed E-state index contributed by atoms with van der Waals surface area (Å²) in [6.07, 6.45) is 0.544. The number of sulfone groups is 1. The molecule has 2 aliphatic heterocycles. The molecular weight excluding hydrogens is 390 g/mol. The van der Waals surface area contributed by atoms with Gasteiger partial charge in [-0.15, -0.1) is 0 Å². The van der Waals surface area contributed by atoms with Crippen LogP contribution in [0.4, 0.5) is 11.4 Å². The Balaban J connectivity index is 1.49. The minimum atomic E-state index is -3.09. The van der Waals surface area contributed by atoms with Crippen LogP contribution in [0.15, 0.2) is 60.7 Å². The molecule has 0 aliphatic carbocycles. The van der Waals surface area contributed by atoms with Crippen LogP contribution in [0.2, 0.25) is 0 Å². The summed E-state index contributed by atoms with van der Waals surface area (Å²) in [4.78, 5) is 27.0. The summed E-state index contributed by atoms with van der Waals surface area (Å²) < 4.78 is 23.5. The second-order valence-electron chi connectivity index (χ2n) is 7.49. The molecule has 0 radical (unpaired) electrons. The molecule has 2 atom stereocenters. The average Bonchev–Trinajstić information content (AvgIpc) is 3.29. The van der Waals surface area contributed by atoms with E-state index >= 15 is 0 Å². The van der Waals surface area contributed by atoms with Gasteiger partial charge in [-0.1, -0.05) is 36.4 Å². The molecule has 29 heavy (non-hydrogen) atoms. The predicted molar refractivity (Wildman–Crippen MR) is 110 cm³/mol. The summed E-state index contributed by atoms with van der Waals surface area (Å²) >= 11 is 0. The van der Waals surface area contributed by atoms with Crippen LogP contribution >= 0.6 is 0 Å². The van der Waals surface area contributed by atoms with Gasteiger partial charge in [0.1, 0.15) is 0 Å². The Hall–Kier alpha value is -2.87. The number of nitrogens with zero attached hydrogens (tertiary/aromatic N) is 2. The molecule has 2 heterocycles. The molecule has 1 N–H and O–H groups in total. The van der Waals surface area contributed by atoms with Gasteiger partial charge in [0.25, 0.3) is 0 Å². The fourth-order valence-corrected chi connectivity index (χ4v) is 5.65. The molecule has 2 saturated heterocycles. The standard InChI is InChI=1S/C21H23N3O4S/c25-20-13-16(14-23(20)19-11-12-29(27,28)15-19)21(26)22-24(17-7-3-1-4-8-17)18-9-5-2-6-10-18/h1-10,16,19H,11-15H2,(H,22,26)/t16-,19-/m0/s1. The molecule has 2 amide bonds. The first-order valence-corrected chi connectivity index (χ1v) is 11.5. The third-order valence-corrected chi connectivity index (χ3v) is 7.18. The Labute approximate surface area is 170 Å². The van der Waals surface area contributed by atoms with Gasteiger partial charge >= 0.3 is 0 Å². The molecule has 0 spiro atoms. The molecule has 0 unspecified atom stereocenters. The molecule has 4 rings (SSSR count). The zero-order valence-corrected chi connectivity index (χ0v) is 16.7. The number of nitrogens with one attached hydrogen (secondary N) is 1. The second-order valence-corrected chi connectivity index (χ2v) is 9.72. The fourth-order valence-electron chi connectivity index (χ4n) is 3.92. The van der Waals surface area contributed by atoms with Crippen molar-refractivity contribution in [1.82, 2.24) is 10.3 Å². The van der Waals surface area contributed by atoms with Crippen molar-refractivity contribution < 1.29 is 18.0 Å². The summed E-state index contributed by atoms with van der Waals surface area (Å²) in [6, 6.07) is 18.6. The summed E-state index contributed by atoms with van der Waals surface area (Å²) in [5.41, 5.74) is 4.54. The maximum absolute atomic E-state index is 13.0. The lowest BCUT2D eigenvalue weighted by atomic mass is 10.1. The predicted octanol–water partition coefficient (Wildman–Crippen LogP) is 1.89. The summed E-state index contributed by atoms with van der Waals surface area (Å²) in [7, 11) is -3.09. The number of carbonyl (C=O) groups excluding carboxylic acids is 2. The molecule has 2 fully saturated rings. The first-order chi connectivity index (χ1) is 13.9. The third kappa shape index (κ3) is 4.27. The van der Waals surface area contributed by atoms with E-state index in [-0.39, 0.29) is 42.3 Å². The highest BCUT2D eigenvalue weighted by Gasteiger charge is 2.42. The van der Waals surface area contributed by atoms with Crippen LogP contribution in [0.5, 0.6) is 0 Å². The molecule has 2 aliphatic rings. The van der Waals surface area contributed by atoms with Crippen molar-refractivity contribution in [3.63, 3.8) is 0 Å². The minimum absolute atomic E-state index is 0.00671. The average molecular weight is 413 g/mol. The van der Waals surface area contributed by atoms with Gasteiger partial charge in [-0.25, -0.2) is 8.42 Å². The molecule has 2 aromatic carbocycles. The molecule has 152 valence electrons. The lowest BCUT2D eigenvalue weighted by Gasteiger charge is -2.27. The zero-order chi connectivity index (χ0) is 20.4. The number of amides is 2. The van der Waals surface area contributed by atoms with Gasteiger partial charge in [0.15, 0.2) is 9.84 Å². The van der Waals surface area contributed by atoms with E-state index in [9.17, 15) is 18.0 Å². The first-order valence-electron chi connectivity index (χ1n) is 9.63. The van der Waals surface area contributed by atoms with E-state index in [4.69, 9.17) is 0 Å². The van der Waals surface area contributed by atoms with Crippen LogP contribution in [0.3, 0.4) is 0 Å². The summed E-state index contributed by atoms with van der Waals surface area (Å²) in [6.45, 7) is 0.252. The van der Waals surface area contributed by atoms with Gasteiger partial charge in [0, 0.05) is 19.0 Å². The summed E-state index contributed by atoms with van der Waals surface area (Å²) in [5, 5.41) is 1.70. The topological polar surface area (TPSA) is 86.8 Å². The second kappa shape index (κ2) is 7.87. The largest absolute Gasteiger partial charge is 0.338 e. The molecule has 0 bridgehead atoms. The maximum atomic E-state index is 13.0. The molecule has 0 aromatic heterocycles. The zero-order valence-electron chi connectivity index (χ0n) is 15.9. The number of likely N-dealkylation sites (tertiary alicyclic amines) is 1. The molecule has 2 aromatic rings. The normalized spacial score (nSPS) is 23.2. The Morgan fingerprint density at radius 1 is 1.00 bits per heavy atom. The van der Waals surface area contributed by atoms with E-state index in [1.807, 2.05) is 60.7 Å². The van der Waals surface area contributed by atoms with E-state index in [1.54, 1.807) is 9.91 Å². The third-order valence-electron chi connectivity index (χ3n) is 5.43. The van der Waals surface area contributed by atoms with Gasteiger partial charge in [-0.05, 0) is 30.7 Å². The lowest BCUT2D eigenvalue weighted by molar-refractivity contribution is -0.130. The lowest BCUT2D eigenvalue weighted by Crippen LogP contribution is -2.44. The number of benzene rings is 2. The Kier molecular flexibility index (Phi) is 5.27. The highest BCUT2D eigenvalue weighted by molar-refractivity contribution is 7.91. The molecule has 0 saturated carbocycles. The van der Waals surface area contributed by atoms with Crippen molar-refractivity contribution in [1.29, 1.82) is 0 Å². The maximum Gasteiger partial charge on any atom is 0.244 e. The minimum Gasteiger partial charge on any atom is -0.338 e. The smallest absolute Gasteiger partial charge is 0.244 e. The van der Waals surface area contributed by atoms with Gasteiger partial charge in [-0.3, -0.25) is 20.0 Å². The SMILES string of the molecule is O=C(NN(c1ccccc1)c1ccccc1)[C@H]1CC(=O)N([C@H]2CCS(=O)(=O)C2)C1. The highest BCUT2D eigenvalue weighted by Crippen LogP contribution is 2.28. The Morgan fingerprint density at radius 3 is 2.10 bits per heavy atom. The van der Waals surface area contributed by atoms with E-state index in [1.165, 1.54) is 0 Å². The van der Waals surface area contributed by atoms with Crippen LogP contribution in [0.25, 0.3) is 0 Å². The quantitative estimate of drug-likeness (QED) is 0.757. The Bertz CT molecular complexity index is 956. The summed E-state index contributed by atoms with van der Waals surface area (Å²) in [5.74, 6) is -0.824. The molecular formula is C21H23N3O4S.